The van der Waals surface area contributed by atoms with Crippen LogP contribution in [-0.4, -0.2) is 34.3 Å². The molecule has 0 aliphatic rings. The van der Waals surface area contributed by atoms with Crippen LogP contribution in [0.1, 0.15) is 17.3 Å². The fraction of sp³-hybridized carbons (Fsp3) is 0.286. The lowest BCUT2D eigenvalue weighted by Gasteiger charge is -2.38. The molecule has 0 bridgehead atoms. The lowest BCUT2D eigenvalue weighted by molar-refractivity contribution is -0.256. The molecule has 0 saturated carbocycles. The summed E-state index contributed by atoms with van der Waals surface area (Å²) in [5.41, 5.74) is -1.51. The molecule has 3 aromatic rings. The minimum Gasteiger partial charge on any atom is -0.494 e. The molecule has 160 valence electrons. The second-order valence-electron chi connectivity index (χ2n) is 6.85. The second-order valence-corrected chi connectivity index (χ2v) is 7.41. The predicted octanol–water partition coefficient (Wildman–Crippen LogP) is 5.53. The standard InChI is InChI=1S/C21H19BrF4N2O2/c1-12-6-8-14-16(27-12)4-3-5-17(14)28-19(20(29,11-22)21(24,25)26)13-7-9-15(23)18(10-13)30-2/h3-10,19,28-29H,11H2,1-2H3. The molecular formula is C21H19BrF4N2O2. The zero-order chi connectivity index (χ0) is 22.1. The van der Waals surface area contributed by atoms with Crippen molar-refractivity contribution in [2.24, 2.45) is 0 Å². The van der Waals surface area contributed by atoms with Crippen molar-refractivity contribution in [3.05, 3.63) is 65.6 Å². The van der Waals surface area contributed by atoms with Gasteiger partial charge in [-0.05, 0) is 48.9 Å². The Morgan fingerprint density at radius 3 is 2.53 bits per heavy atom. The van der Waals surface area contributed by atoms with Crippen molar-refractivity contribution in [3.8, 4) is 5.75 Å². The maximum Gasteiger partial charge on any atom is 0.420 e. The van der Waals surface area contributed by atoms with Crippen LogP contribution in [0.25, 0.3) is 10.9 Å². The molecule has 1 heterocycles. The molecule has 2 aromatic carbocycles. The molecule has 0 fully saturated rings. The van der Waals surface area contributed by atoms with E-state index in [4.69, 9.17) is 4.74 Å². The van der Waals surface area contributed by atoms with Crippen LogP contribution in [0.15, 0.2) is 48.5 Å². The van der Waals surface area contributed by atoms with Crippen LogP contribution >= 0.6 is 15.9 Å². The van der Waals surface area contributed by atoms with E-state index < -0.39 is 29.0 Å². The number of aliphatic hydroxyl groups is 1. The smallest absolute Gasteiger partial charge is 0.420 e. The second kappa shape index (κ2) is 8.39. The lowest BCUT2D eigenvalue weighted by atomic mass is 9.88. The Labute approximate surface area is 179 Å². The minimum absolute atomic E-state index is 0.00426. The van der Waals surface area contributed by atoms with E-state index in [1.165, 1.54) is 13.2 Å². The highest BCUT2D eigenvalue weighted by molar-refractivity contribution is 9.09. The number of nitrogens with zero attached hydrogens (tertiary/aromatic N) is 1. The van der Waals surface area contributed by atoms with Crippen LogP contribution in [0.4, 0.5) is 23.2 Å². The molecule has 0 aliphatic heterocycles. The molecule has 4 nitrogen and oxygen atoms in total. The van der Waals surface area contributed by atoms with E-state index in [0.29, 0.717) is 16.6 Å². The first-order valence-corrected chi connectivity index (χ1v) is 10.0. The molecule has 0 amide bonds. The van der Waals surface area contributed by atoms with Gasteiger partial charge in [0.25, 0.3) is 0 Å². The van der Waals surface area contributed by atoms with E-state index >= 15 is 0 Å². The van der Waals surface area contributed by atoms with E-state index in [9.17, 15) is 22.7 Å². The number of hydrogen-bond acceptors (Lipinski definition) is 4. The largest absolute Gasteiger partial charge is 0.494 e. The van der Waals surface area contributed by atoms with E-state index in [-0.39, 0.29) is 11.3 Å². The third kappa shape index (κ3) is 4.09. The number of rotatable bonds is 6. The molecule has 0 aliphatic carbocycles. The number of alkyl halides is 4. The Morgan fingerprint density at radius 2 is 1.90 bits per heavy atom. The number of ether oxygens (including phenoxy) is 1. The Bertz CT molecular complexity index is 1060. The van der Waals surface area contributed by atoms with Gasteiger partial charge >= 0.3 is 6.18 Å². The highest BCUT2D eigenvalue weighted by Crippen LogP contribution is 2.44. The number of nitrogens with one attached hydrogen (secondary N) is 1. The first-order chi connectivity index (χ1) is 14.1. The molecule has 0 saturated heterocycles. The fourth-order valence-electron chi connectivity index (χ4n) is 3.19. The van der Waals surface area contributed by atoms with Gasteiger partial charge in [-0.15, -0.1) is 0 Å². The van der Waals surface area contributed by atoms with Crippen LogP contribution in [0.3, 0.4) is 0 Å². The number of halogens is 5. The summed E-state index contributed by atoms with van der Waals surface area (Å²) in [6, 6.07) is 10.1. The Balaban J connectivity index is 2.18. The van der Waals surface area contributed by atoms with Crippen LogP contribution in [0.5, 0.6) is 5.75 Å². The van der Waals surface area contributed by atoms with Crippen molar-refractivity contribution in [2.45, 2.75) is 24.7 Å². The summed E-state index contributed by atoms with van der Waals surface area (Å²) in [4.78, 5) is 4.38. The minimum atomic E-state index is -4.99. The van der Waals surface area contributed by atoms with Crippen molar-refractivity contribution >= 4 is 32.5 Å². The molecule has 1 aromatic heterocycles. The van der Waals surface area contributed by atoms with Crippen LogP contribution in [0, 0.1) is 12.7 Å². The maximum absolute atomic E-state index is 13.9. The number of benzene rings is 2. The summed E-state index contributed by atoms with van der Waals surface area (Å²) < 4.78 is 60.6. The van der Waals surface area contributed by atoms with Gasteiger partial charge in [0, 0.05) is 22.1 Å². The molecule has 2 atom stereocenters. The Kier molecular flexibility index (Phi) is 6.24. The van der Waals surface area contributed by atoms with E-state index in [2.05, 4.69) is 26.2 Å². The monoisotopic (exact) mass is 486 g/mol. The zero-order valence-electron chi connectivity index (χ0n) is 16.1. The van der Waals surface area contributed by atoms with E-state index in [1.807, 2.05) is 0 Å². The molecular weight excluding hydrogens is 468 g/mol. The SMILES string of the molecule is COc1cc(C(Nc2cccc3nc(C)ccc23)C(O)(CBr)C(F)(F)F)ccc1F. The highest BCUT2D eigenvalue weighted by atomic mass is 79.9. The molecule has 9 heteroatoms. The average Bonchev–Trinajstić information content (AvgIpc) is 2.71. The number of anilines is 1. The summed E-state index contributed by atoms with van der Waals surface area (Å²) in [5, 5.41) is 13.3. The van der Waals surface area contributed by atoms with Crippen molar-refractivity contribution in [2.75, 3.05) is 17.8 Å². The first kappa shape index (κ1) is 22.3. The topological polar surface area (TPSA) is 54.4 Å². The normalized spacial score (nSPS) is 14.9. The summed E-state index contributed by atoms with van der Waals surface area (Å²) in [7, 11) is 1.21. The number of aromatic nitrogens is 1. The molecule has 0 spiro atoms. The number of fused-ring (bicyclic) bond motifs is 1. The van der Waals surface area contributed by atoms with Gasteiger partial charge in [0.05, 0.1) is 18.7 Å². The maximum atomic E-state index is 13.9. The van der Waals surface area contributed by atoms with Crippen molar-refractivity contribution in [1.29, 1.82) is 0 Å². The van der Waals surface area contributed by atoms with Crippen LogP contribution < -0.4 is 10.1 Å². The van der Waals surface area contributed by atoms with Gasteiger partial charge in [0.1, 0.15) is 0 Å². The van der Waals surface area contributed by atoms with Gasteiger partial charge in [-0.25, -0.2) is 4.39 Å². The molecule has 2 N–H and O–H groups in total. The van der Waals surface area contributed by atoms with Gasteiger partial charge in [-0.1, -0.05) is 28.1 Å². The van der Waals surface area contributed by atoms with Gasteiger partial charge in [0.15, 0.2) is 17.2 Å². The van der Waals surface area contributed by atoms with Gasteiger partial charge in [0.2, 0.25) is 0 Å². The zero-order valence-corrected chi connectivity index (χ0v) is 17.7. The van der Waals surface area contributed by atoms with Crippen LogP contribution in [-0.2, 0) is 0 Å². The fourth-order valence-corrected chi connectivity index (χ4v) is 3.83. The average molecular weight is 487 g/mol. The predicted molar refractivity (Wildman–Crippen MR) is 111 cm³/mol. The van der Waals surface area contributed by atoms with Crippen molar-refractivity contribution < 1.29 is 27.4 Å². The quantitative estimate of drug-likeness (QED) is 0.355. The van der Waals surface area contributed by atoms with Crippen molar-refractivity contribution in [1.82, 2.24) is 4.98 Å². The third-order valence-corrected chi connectivity index (χ3v) is 5.71. The Hall–Kier alpha value is -2.39. The van der Waals surface area contributed by atoms with Crippen LogP contribution in [0.2, 0.25) is 0 Å². The molecule has 30 heavy (non-hydrogen) atoms. The summed E-state index contributed by atoms with van der Waals surface area (Å²) >= 11 is 2.80. The van der Waals surface area contributed by atoms with E-state index in [1.54, 1.807) is 37.3 Å². The number of methoxy groups -OCH3 is 1. The van der Waals surface area contributed by atoms with Gasteiger partial charge < -0.3 is 15.2 Å². The third-order valence-electron chi connectivity index (χ3n) is 4.85. The number of aryl methyl sites for hydroxylation is 1. The molecule has 0 radical (unpaired) electrons. The van der Waals surface area contributed by atoms with Gasteiger partial charge in [-0.3, -0.25) is 4.98 Å². The molecule has 3 rings (SSSR count). The summed E-state index contributed by atoms with van der Waals surface area (Å²) in [6.07, 6.45) is -4.99. The molecule has 2 unspecified atom stereocenters. The number of pyridine rings is 1. The first-order valence-electron chi connectivity index (χ1n) is 8.92. The van der Waals surface area contributed by atoms with E-state index in [0.717, 1.165) is 17.8 Å². The summed E-state index contributed by atoms with van der Waals surface area (Å²) in [6.45, 7) is 1.81. The number of hydrogen-bond donors (Lipinski definition) is 2. The highest BCUT2D eigenvalue weighted by Gasteiger charge is 2.58. The van der Waals surface area contributed by atoms with Gasteiger partial charge in [-0.2, -0.15) is 13.2 Å². The van der Waals surface area contributed by atoms with Crippen molar-refractivity contribution in [3.63, 3.8) is 0 Å². The lowest BCUT2D eigenvalue weighted by Crippen LogP contribution is -2.54. The Morgan fingerprint density at radius 1 is 1.17 bits per heavy atom. The summed E-state index contributed by atoms with van der Waals surface area (Å²) in [5.74, 6) is -0.951.